The summed E-state index contributed by atoms with van der Waals surface area (Å²) in [6, 6.07) is 17.8. The largest absolute Gasteiger partial charge is 0.374 e. The number of thioether (sulfide) groups is 1. The molecule has 1 saturated heterocycles. The fraction of sp³-hybridized carbons (Fsp3) is 0.320. The zero-order valence-corrected chi connectivity index (χ0v) is 20.5. The summed E-state index contributed by atoms with van der Waals surface area (Å²) in [6.45, 7) is 8.10. The lowest BCUT2D eigenvalue weighted by molar-refractivity contribution is -0.119. The Morgan fingerprint density at radius 2 is 2.00 bits per heavy atom. The van der Waals surface area contributed by atoms with E-state index in [1.54, 1.807) is 6.08 Å². The van der Waals surface area contributed by atoms with Crippen molar-refractivity contribution in [3.8, 4) is 11.4 Å². The first-order valence-corrected chi connectivity index (χ1v) is 12.6. The summed E-state index contributed by atoms with van der Waals surface area (Å²) < 4.78 is 7.81. The van der Waals surface area contributed by atoms with Gasteiger partial charge in [0, 0.05) is 43.3 Å². The number of halogens is 1. The molecule has 1 aliphatic heterocycles. The number of hydrogen-bond donors (Lipinski definition) is 1. The highest BCUT2D eigenvalue weighted by atomic mass is 35.5. The van der Waals surface area contributed by atoms with Crippen molar-refractivity contribution in [2.24, 2.45) is 0 Å². The fourth-order valence-corrected chi connectivity index (χ4v) is 4.70. The topological polar surface area (TPSA) is 72.3 Å². The van der Waals surface area contributed by atoms with Gasteiger partial charge in [0.1, 0.15) is 0 Å². The Morgan fingerprint density at radius 1 is 1.21 bits per heavy atom. The Hall–Kier alpha value is -2.65. The summed E-state index contributed by atoms with van der Waals surface area (Å²) in [6.07, 6.45) is 1.77. The predicted molar refractivity (Wildman–Crippen MR) is 136 cm³/mol. The van der Waals surface area contributed by atoms with Crippen molar-refractivity contribution < 1.29 is 9.53 Å². The molecule has 1 atom stereocenters. The Morgan fingerprint density at radius 3 is 2.76 bits per heavy atom. The average molecular weight is 498 g/mol. The van der Waals surface area contributed by atoms with Crippen LogP contribution in [0.15, 0.2) is 72.4 Å². The molecule has 1 aromatic heterocycles. The third kappa shape index (κ3) is 6.70. The molecule has 0 bridgehead atoms. The van der Waals surface area contributed by atoms with Crippen molar-refractivity contribution in [2.75, 3.05) is 32.0 Å². The van der Waals surface area contributed by atoms with Gasteiger partial charge in [-0.05, 0) is 29.8 Å². The number of rotatable bonds is 10. The lowest BCUT2D eigenvalue weighted by Gasteiger charge is -2.33. The van der Waals surface area contributed by atoms with Gasteiger partial charge < -0.3 is 10.1 Å². The summed E-state index contributed by atoms with van der Waals surface area (Å²) in [5.74, 6) is 0.902. The quantitative estimate of drug-likeness (QED) is 0.338. The van der Waals surface area contributed by atoms with Gasteiger partial charge in [-0.1, -0.05) is 59.8 Å². The van der Waals surface area contributed by atoms with Crippen LogP contribution >= 0.6 is 23.4 Å². The molecule has 34 heavy (non-hydrogen) atoms. The maximum atomic E-state index is 12.5. The molecule has 1 unspecified atom stereocenters. The van der Waals surface area contributed by atoms with Gasteiger partial charge in [0.15, 0.2) is 11.0 Å². The molecule has 0 spiro atoms. The standard InChI is InChI=1S/C25H28ClN5O2S/c1-2-12-31-24(20-8-10-21(26)11-9-20)28-29-25(31)34-18-23(32)27-15-22-17-30(13-14-33-22)16-19-6-4-3-5-7-19/h2-11,22H,1,12-18H2,(H,27,32). The van der Waals surface area contributed by atoms with E-state index < -0.39 is 0 Å². The van der Waals surface area contributed by atoms with Crippen LogP contribution < -0.4 is 5.32 Å². The molecule has 1 amide bonds. The summed E-state index contributed by atoms with van der Waals surface area (Å²) in [4.78, 5) is 14.9. The van der Waals surface area contributed by atoms with Gasteiger partial charge in [-0.15, -0.1) is 16.8 Å². The average Bonchev–Trinajstić information content (AvgIpc) is 3.25. The molecule has 178 valence electrons. The lowest BCUT2D eigenvalue weighted by atomic mass is 10.2. The van der Waals surface area contributed by atoms with Gasteiger partial charge in [-0.3, -0.25) is 14.3 Å². The minimum absolute atomic E-state index is 0.0210. The van der Waals surface area contributed by atoms with Gasteiger partial charge in [0.2, 0.25) is 5.91 Å². The highest BCUT2D eigenvalue weighted by Gasteiger charge is 2.21. The molecule has 2 aromatic carbocycles. The SMILES string of the molecule is C=CCn1c(SCC(=O)NCC2CN(Cc3ccccc3)CCO2)nnc1-c1ccc(Cl)cc1. The third-order valence-electron chi connectivity index (χ3n) is 5.46. The second kappa shape index (κ2) is 12.2. The van der Waals surface area contributed by atoms with Crippen molar-refractivity contribution in [1.29, 1.82) is 0 Å². The molecule has 1 fully saturated rings. The van der Waals surface area contributed by atoms with E-state index in [1.165, 1.54) is 17.3 Å². The molecule has 4 rings (SSSR count). The number of nitrogens with one attached hydrogen (secondary N) is 1. The number of carbonyl (C=O) groups is 1. The minimum Gasteiger partial charge on any atom is -0.374 e. The van der Waals surface area contributed by atoms with Crippen LogP contribution in [0, 0.1) is 0 Å². The zero-order chi connectivity index (χ0) is 23.8. The van der Waals surface area contributed by atoms with Crippen LogP contribution in [-0.4, -0.2) is 63.7 Å². The second-order valence-electron chi connectivity index (χ2n) is 8.02. The lowest BCUT2D eigenvalue weighted by Crippen LogP contribution is -2.47. The molecule has 1 N–H and O–H groups in total. The maximum absolute atomic E-state index is 12.5. The Kier molecular flexibility index (Phi) is 8.76. The van der Waals surface area contributed by atoms with Crippen LogP contribution in [-0.2, 0) is 22.6 Å². The van der Waals surface area contributed by atoms with Crippen LogP contribution in [0.1, 0.15) is 5.56 Å². The zero-order valence-electron chi connectivity index (χ0n) is 18.9. The van der Waals surface area contributed by atoms with Gasteiger partial charge in [-0.2, -0.15) is 0 Å². The summed E-state index contributed by atoms with van der Waals surface area (Å²) in [7, 11) is 0. The maximum Gasteiger partial charge on any atom is 0.230 e. The predicted octanol–water partition coefficient (Wildman–Crippen LogP) is 3.89. The Balaban J connectivity index is 1.27. The van der Waals surface area contributed by atoms with E-state index in [0.29, 0.717) is 35.7 Å². The number of hydrogen-bond acceptors (Lipinski definition) is 6. The van der Waals surface area contributed by atoms with E-state index in [9.17, 15) is 4.79 Å². The molecule has 1 aliphatic rings. The first-order chi connectivity index (χ1) is 16.6. The van der Waals surface area contributed by atoms with Crippen molar-refractivity contribution in [2.45, 2.75) is 24.3 Å². The molecule has 3 aromatic rings. The molecule has 0 radical (unpaired) electrons. The molecule has 2 heterocycles. The molecule has 0 aliphatic carbocycles. The normalized spacial score (nSPS) is 16.3. The van der Waals surface area contributed by atoms with E-state index in [2.05, 4.69) is 51.3 Å². The smallest absolute Gasteiger partial charge is 0.230 e. The van der Waals surface area contributed by atoms with Crippen LogP contribution in [0.5, 0.6) is 0 Å². The summed E-state index contributed by atoms with van der Waals surface area (Å²) >= 11 is 7.36. The van der Waals surface area contributed by atoms with Crippen LogP contribution in [0.4, 0.5) is 0 Å². The van der Waals surface area contributed by atoms with Crippen molar-refractivity contribution in [3.63, 3.8) is 0 Å². The third-order valence-corrected chi connectivity index (χ3v) is 6.68. The monoisotopic (exact) mass is 497 g/mol. The van der Waals surface area contributed by atoms with Crippen molar-refractivity contribution in [1.82, 2.24) is 25.0 Å². The van der Waals surface area contributed by atoms with E-state index in [-0.39, 0.29) is 17.8 Å². The van der Waals surface area contributed by atoms with E-state index in [1.807, 2.05) is 34.9 Å². The van der Waals surface area contributed by atoms with Crippen LogP contribution in [0.25, 0.3) is 11.4 Å². The molecule has 0 saturated carbocycles. The number of morpholine rings is 1. The number of benzene rings is 2. The Labute approximate surface area is 209 Å². The van der Waals surface area contributed by atoms with Crippen molar-refractivity contribution >= 4 is 29.3 Å². The fourth-order valence-electron chi connectivity index (χ4n) is 3.80. The first kappa shape index (κ1) is 24.5. The number of ether oxygens (including phenoxy) is 1. The molecular weight excluding hydrogens is 470 g/mol. The number of amides is 1. The first-order valence-electron chi connectivity index (χ1n) is 11.2. The highest BCUT2D eigenvalue weighted by Crippen LogP contribution is 2.25. The van der Waals surface area contributed by atoms with Gasteiger partial charge in [0.05, 0.1) is 18.5 Å². The minimum atomic E-state index is -0.0602. The van der Waals surface area contributed by atoms with Crippen LogP contribution in [0.2, 0.25) is 5.02 Å². The van der Waals surface area contributed by atoms with Gasteiger partial charge in [0.25, 0.3) is 0 Å². The second-order valence-corrected chi connectivity index (χ2v) is 9.40. The molecule has 7 nitrogen and oxygen atoms in total. The number of allylic oxidation sites excluding steroid dienone is 1. The summed E-state index contributed by atoms with van der Waals surface area (Å²) in [5, 5.41) is 12.9. The highest BCUT2D eigenvalue weighted by molar-refractivity contribution is 7.99. The van der Waals surface area contributed by atoms with Crippen molar-refractivity contribution in [3.05, 3.63) is 77.8 Å². The van der Waals surface area contributed by atoms with E-state index in [0.717, 1.165) is 25.2 Å². The molecular formula is C25H28ClN5O2S. The van der Waals surface area contributed by atoms with Crippen LogP contribution in [0.3, 0.4) is 0 Å². The van der Waals surface area contributed by atoms with E-state index >= 15 is 0 Å². The summed E-state index contributed by atoms with van der Waals surface area (Å²) in [5.41, 5.74) is 2.19. The van der Waals surface area contributed by atoms with Gasteiger partial charge in [-0.25, -0.2) is 0 Å². The number of aromatic nitrogens is 3. The number of nitrogens with zero attached hydrogens (tertiary/aromatic N) is 4. The van der Waals surface area contributed by atoms with E-state index in [4.69, 9.17) is 16.3 Å². The Bertz CT molecular complexity index is 1090. The number of carbonyl (C=O) groups excluding carboxylic acids is 1. The van der Waals surface area contributed by atoms with Gasteiger partial charge >= 0.3 is 0 Å². The molecule has 9 heteroatoms.